The van der Waals surface area contributed by atoms with E-state index in [2.05, 4.69) is 25.6 Å². The van der Waals surface area contributed by atoms with Gasteiger partial charge in [0.1, 0.15) is 5.65 Å². The first-order valence-electron chi connectivity index (χ1n) is 12.0. The molecular formula is C26H26ClN7O. The zero-order valence-electron chi connectivity index (χ0n) is 19.6. The quantitative estimate of drug-likeness (QED) is 0.427. The molecule has 0 bridgehead atoms. The van der Waals surface area contributed by atoms with Crippen LogP contribution in [0.3, 0.4) is 0 Å². The van der Waals surface area contributed by atoms with Gasteiger partial charge in [-0.25, -0.2) is 9.97 Å². The lowest BCUT2D eigenvalue weighted by Gasteiger charge is -2.15. The molecule has 2 N–H and O–H groups in total. The van der Waals surface area contributed by atoms with Gasteiger partial charge in [-0.1, -0.05) is 23.7 Å². The Kier molecular flexibility index (Phi) is 5.50. The van der Waals surface area contributed by atoms with Crippen LogP contribution < -0.4 is 16.2 Å². The van der Waals surface area contributed by atoms with Crippen LogP contribution in [0.1, 0.15) is 12.6 Å². The van der Waals surface area contributed by atoms with Gasteiger partial charge in [0.25, 0.3) is 5.56 Å². The van der Waals surface area contributed by atoms with Crippen molar-refractivity contribution in [2.45, 2.75) is 20.4 Å². The molecule has 2 unspecified atom stereocenters. The van der Waals surface area contributed by atoms with E-state index >= 15 is 0 Å². The maximum absolute atomic E-state index is 13.9. The predicted molar refractivity (Wildman–Crippen MR) is 138 cm³/mol. The van der Waals surface area contributed by atoms with Crippen LogP contribution in [0, 0.1) is 24.7 Å². The number of anilines is 1. The summed E-state index contributed by atoms with van der Waals surface area (Å²) in [6, 6.07) is 7.52. The van der Waals surface area contributed by atoms with Crippen molar-refractivity contribution in [2.75, 3.05) is 25.0 Å². The Hall–Kier alpha value is -3.36. The predicted octanol–water partition coefficient (Wildman–Crippen LogP) is 3.77. The van der Waals surface area contributed by atoms with Crippen LogP contribution in [0.25, 0.3) is 33.4 Å². The summed E-state index contributed by atoms with van der Waals surface area (Å²) in [7, 11) is 0. The largest absolute Gasteiger partial charge is 0.354 e. The zero-order valence-corrected chi connectivity index (χ0v) is 20.4. The number of pyridine rings is 1. The number of nitrogens with zero attached hydrogens (tertiary/aromatic N) is 5. The number of hydrogen-bond donors (Lipinski definition) is 2. The third-order valence-electron chi connectivity index (χ3n) is 7.13. The Bertz CT molecular complexity index is 1490. The minimum Gasteiger partial charge on any atom is -0.354 e. The van der Waals surface area contributed by atoms with Crippen LogP contribution in [0.5, 0.6) is 0 Å². The van der Waals surface area contributed by atoms with Gasteiger partial charge in [0.15, 0.2) is 0 Å². The van der Waals surface area contributed by atoms with Crippen molar-refractivity contribution in [1.29, 1.82) is 0 Å². The Balaban J connectivity index is 1.46. The molecule has 9 heteroatoms. The molecule has 4 heterocycles. The molecule has 3 aromatic heterocycles. The fourth-order valence-corrected chi connectivity index (χ4v) is 5.57. The number of fused-ring (bicyclic) bond motifs is 2. The van der Waals surface area contributed by atoms with Crippen molar-refractivity contribution in [3.05, 3.63) is 63.9 Å². The lowest BCUT2D eigenvalue weighted by molar-refractivity contribution is 0.515. The molecule has 6 rings (SSSR count). The topological polar surface area (TPSA) is 97.6 Å². The Labute approximate surface area is 207 Å². The molecule has 35 heavy (non-hydrogen) atoms. The van der Waals surface area contributed by atoms with Crippen LogP contribution in [0.4, 0.5) is 5.95 Å². The highest BCUT2D eigenvalue weighted by molar-refractivity contribution is 6.33. The van der Waals surface area contributed by atoms with E-state index in [-0.39, 0.29) is 5.56 Å². The molecule has 1 saturated carbocycles. The number of benzene rings is 1. The highest BCUT2D eigenvalue weighted by Crippen LogP contribution is 2.49. The van der Waals surface area contributed by atoms with Crippen LogP contribution in [0.15, 0.2) is 47.7 Å². The van der Waals surface area contributed by atoms with Crippen molar-refractivity contribution in [3.63, 3.8) is 0 Å². The molecule has 1 aromatic carbocycles. The molecule has 2 aliphatic rings. The van der Waals surface area contributed by atoms with Crippen LogP contribution in [-0.2, 0) is 6.54 Å². The SMILES string of the molecule is CCNc1ncc2cc(-c3ccc(-c4cncc(C)n4)cc3Cl)c(=O)n(CC3C4CNC[C@@H]43)c2n1. The van der Waals surface area contributed by atoms with Gasteiger partial charge >= 0.3 is 0 Å². The lowest BCUT2D eigenvalue weighted by Crippen LogP contribution is -2.26. The highest BCUT2D eigenvalue weighted by atomic mass is 35.5. The molecule has 4 aromatic rings. The number of halogens is 1. The van der Waals surface area contributed by atoms with E-state index in [0.29, 0.717) is 58.6 Å². The van der Waals surface area contributed by atoms with Gasteiger partial charge in [0, 0.05) is 52.6 Å². The zero-order chi connectivity index (χ0) is 24.1. The van der Waals surface area contributed by atoms with E-state index < -0.39 is 0 Å². The van der Waals surface area contributed by atoms with Crippen molar-refractivity contribution < 1.29 is 0 Å². The summed E-state index contributed by atoms with van der Waals surface area (Å²) in [5.74, 6) is 2.28. The maximum atomic E-state index is 13.9. The smallest absolute Gasteiger partial charge is 0.260 e. The number of piperidine rings is 1. The average molecular weight is 488 g/mol. The fraction of sp³-hybridized carbons (Fsp3) is 0.346. The standard InChI is InChI=1S/C26H26ClN7O/c1-3-30-26-31-9-16-6-18(17-5-4-15(7-22(17)27)23-12-28-8-14(2)32-23)25(35)34(24(16)33-26)13-21-19-10-29-11-20(19)21/h4-9,12,19-21,29H,3,10-11,13H2,1-2H3,(H,30,31,33)/t19-,20?,21?/m0/s1. The van der Waals surface area contributed by atoms with E-state index in [4.69, 9.17) is 16.6 Å². The molecule has 178 valence electrons. The van der Waals surface area contributed by atoms with Crippen molar-refractivity contribution >= 4 is 28.6 Å². The summed E-state index contributed by atoms with van der Waals surface area (Å²) < 4.78 is 1.83. The maximum Gasteiger partial charge on any atom is 0.260 e. The van der Waals surface area contributed by atoms with Crippen LogP contribution >= 0.6 is 11.6 Å². The summed E-state index contributed by atoms with van der Waals surface area (Å²) in [6.45, 7) is 7.30. The first-order valence-corrected chi connectivity index (χ1v) is 12.4. The van der Waals surface area contributed by atoms with Crippen LogP contribution in [-0.4, -0.2) is 44.1 Å². The highest BCUT2D eigenvalue weighted by Gasteiger charge is 2.52. The second kappa shape index (κ2) is 8.70. The molecular weight excluding hydrogens is 462 g/mol. The van der Waals surface area contributed by atoms with Crippen LogP contribution in [0.2, 0.25) is 5.02 Å². The van der Waals surface area contributed by atoms with Gasteiger partial charge in [-0.05, 0) is 56.8 Å². The Morgan fingerprint density at radius 3 is 2.69 bits per heavy atom. The van der Waals surface area contributed by atoms with Gasteiger partial charge in [-0.2, -0.15) is 4.98 Å². The first kappa shape index (κ1) is 22.1. The minimum atomic E-state index is -0.0819. The molecule has 0 radical (unpaired) electrons. The van der Waals surface area contributed by atoms with E-state index in [9.17, 15) is 4.79 Å². The summed E-state index contributed by atoms with van der Waals surface area (Å²) in [5, 5.41) is 7.90. The molecule has 1 aliphatic carbocycles. The monoisotopic (exact) mass is 487 g/mol. The Morgan fingerprint density at radius 1 is 1.11 bits per heavy atom. The molecule has 1 aliphatic heterocycles. The summed E-state index contributed by atoms with van der Waals surface area (Å²) in [5.41, 5.74) is 4.24. The lowest BCUT2D eigenvalue weighted by atomic mass is 10.0. The first-order chi connectivity index (χ1) is 17.0. The fourth-order valence-electron chi connectivity index (χ4n) is 5.29. The second-order valence-corrected chi connectivity index (χ2v) is 9.77. The molecule has 0 amide bonds. The minimum absolute atomic E-state index is 0.0819. The van der Waals surface area contributed by atoms with Crippen molar-refractivity contribution in [3.8, 4) is 22.4 Å². The second-order valence-electron chi connectivity index (χ2n) is 9.37. The van der Waals surface area contributed by atoms with Gasteiger partial charge in [-0.3, -0.25) is 14.3 Å². The summed E-state index contributed by atoms with van der Waals surface area (Å²) in [6.07, 6.45) is 5.20. The van der Waals surface area contributed by atoms with Crippen molar-refractivity contribution in [1.82, 2.24) is 29.8 Å². The summed E-state index contributed by atoms with van der Waals surface area (Å²) >= 11 is 6.75. The van der Waals surface area contributed by atoms with Gasteiger partial charge in [-0.15, -0.1) is 0 Å². The molecule has 3 atom stereocenters. The van der Waals surface area contributed by atoms with Crippen molar-refractivity contribution in [2.24, 2.45) is 17.8 Å². The normalized spacial score (nSPS) is 20.7. The molecule has 8 nitrogen and oxygen atoms in total. The van der Waals surface area contributed by atoms with Gasteiger partial charge in [0.05, 0.1) is 17.6 Å². The summed E-state index contributed by atoms with van der Waals surface area (Å²) in [4.78, 5) is 31.8. The van der Waals surface area contributed by atoms with E-state index in [1.54, 1.807) is 18.6 Å². The number of aromatic nitrogens is 5. The Morgan fingerprint density at radius 2 is 1.94 bits per heavy atom. The number of hydrogen-bond acceptors (Lipinski definition) is 7. The number of rotatable bonds is 6. The molecule has 0 spiro atoms. The van der Waals surface area contributed by atoms with E-state index in [1.165, 1.54) is 0 Å². The third-order valence-corrected chi connectivity index (χ3v) is 7.45. The van der Waals surface area contributed by atoms with E-state index in [1.807, 2.05) is 42.7 Å². The number of nitrogens with one attached hydrogen (secondary N) is 2. The van der Waals surface area contributed by atoms with Gasteiger partial charge in [0.2, 0.25) is 5.95 Å². The molecule has 2 fully saturated rings. The average Bonchev–Trinajstić information content (AvgIpc) is 3.26. The van der Waals surface area contributed by atoms with E-state index in [0.717, 1.165) is 35.4 Å². The third kappa shape index (κ3) is 3.96. The van der Waals surface area contributed by atoms with Gasteiger partial charge < -0.3 is 10.6 Å². The molecule has 1 saturated heterocycles. The number of aryl methyl sites for hydroxylation is 1.